The van der Waals surface area contributed by atoms with E-state index in [1.165, 1.54) is 11.2 Å². The number of benzene rings is 1. The average Bonchev–Trinajstić information content (AvgIpc) is 3.37. The Morgan fingerprint density at radius 1 is 1.10 bits per heavy atom. The van der Waals surface area contributed by atoms with Crippen molar-refractivity contribution in [2.75, 3.05) is 37.7 Å². The number of imide groups is 1. The van der Waals surface area contributed by atoms with Gasteiger partial charge in [0.1, 0.15) is 5.75 Å². The number of nitrogens with zero attached hydrogens (tertiary/aromatic N) is 3. The molecule has 2 aromatic rings. The van der Waals surface area contributed by atoms with Crippen LogP contribution in [0.25, 0.3) is 0 Å². The SMILES string of the molecule is CCOc1ccc(N2C(=O)C[C@H](N3CCN(C(=O)c4ccco4)CC3)C2=O)cc1. The zero-order valence-corrected chi connectivity index (χ0v) is 16.2. The maximum Gasteiger partial charge on any atom is 0.289 e. The molecule has 0 aliphatic carbocycles. The highest BCUT2D eigenvalue weighted by molar-refractivity contribution is 6.22. The first-order valence-electron chi connectivity index (χ1n) is 9.75. The maximum atomic E-state index is 13.0. The molecule has 0 bridgehead atoms. The lowest BCUT2D eigenvalue weighted by Gasteiger charge is -2.36. The summed E-state index contributed by atoms with van der Waals surface area (Å²) in [6.07, 6.45) is 1.62. The third-order valence-electron chi connectivity index (χ3n) is 5.30. The van der Waals surface area contributed by atoms with E-state index in [-0.39, 0.29) is 24.1 Å². The van der Waals surface area contributed by atoms with E-state index in [1.54, 1.807) is 41.3 Å². The quantitative estimate of drug-likeness (QED) is 0.715. The lowest BCUT2D eigenvalue weighted by Crippen LogP contribution is -2.53. The normalized spacial score (nSPS) is 20.4. The first-order valence-corrected chi connectivity index (χ1v) is 9.75. The van der Waals surface area contributed by atoms with Gasteiger partial charge in [0.15, 0.2) is 5.76 Å². The van der Waals surface area contributed by atoms with Crippen molar-refractivity contribution in [2.24, 2.45) is 0 Å². The van der Waals surface area contributed by atoms with Crippen molar-refractivity contribution in [3.63, 3.8) is 0 Å². The maximum absolute atomic E-state index is 13.0. The second kappa shape index (κ2) is 8.08. The Kier molecular flexibility index (Phi) is 5.35. The minimum atomic E-state index is -0.491. The summed E-state index contributed by atoms with van der Waals surface area (Å²) in [6.45, 7) is 4.49. The van der Waals surface area contributed by atoms with Crippen LogP contribution in [0.2, 0.25) is 0 Å². The van der Waals surface area contributed by atoms with Crippen molar-refractivity contribution in [1.29, 1.82) is 0 Å². The molecule has 8 nitrogen and oxygen atoms in total. The lowest BCUT2D eigenvalue weighted by atomic mass is 10.1. The highest BCUT2D eigenvalue weighted by atomic mass is 16.5. The van der Waals surface area contributed by atoms with Gasteiger partial charge in [-0.1, -0.05) is 0 Å². The molecule has 1 aromatic heterocycles. The van der Waals surface area contributed by atoms with Gasteiger partial charge in [0, 0.05) is 26.2 Å². The smallest absolute Gasteiger partial charge is 0.289 e. The van der Waals surface area contributed by atoms with E-state index in [9.17, 15) is 14.4 Å². The predicted molar refractivity (Wildman–Crippen MR) is 105 cm³/mol. The minimum Gasteiger partial charge on any atom is -0.494 e. The van der Waals surface area contributed by atoms with Crippen LogP contribution in [-0.4, -0.2) is 66.3 Å². The van der Waals surface area contributed by atoms with Crippen molar-refractivity contribution in [2.45, 2.75) is 19.4 Å². The van der Waals surface area contributed by atoms with E-state index in [1.807, 2.05) is 11.8 Å². The molecule has 2 aliphatic rings. The number of anilines is 1. The van der Waals surface area contributed by atoms with Gasteiger partial charge in [-0.05, 0) is 43.3 Å². The summed E-state index contributed by atoms with van der Waals surface area (Å²) in [5.74, 6) is 0.430. The van der Waals surface area contributed by atoms with Crippen LogP contribution in [-0.2, 0) is 9.59 Å². The van der Waals surface area contributed by atoms with Gasteiger partial charge >= 0.3 is 0 Å². The van der Waals surface area contributed by atoms with Gasteiger partial charge < -0.3 is 14.1 Å². The van der Waals surface area contributed by atoms with Gasteiger partial charge in [0.25, 0.3) is 11.8 Å². The molecule has 4 rings (SSSR count). The number of carbonyl (C=O) groups is 3. The lowest BCUT2D eigenvalue weighted by molar-refractivity contribution is -0.123. The van der Waals surface area contributed by atoms with Crippen LogP contribution in [0.3, 0.4) is 0 Å². The van der Waals surface area contributed by atoms with Gasteiger partial charge in [-0.25, -0.2) is 4.90 Å². The molecule has 0 N–H and O–H groups in total. The largest absolute Gasteiger partial charge is 0.494 e. The number of piperazine rings is 1. The molecular formula is C21H23N3O5. The van der Waals surface area contributed by atoms with Gasteiger partial charge in [-0.2, -0.15) is 0 Å². The summed E-state index contributed by atoms with van der Waals surface area (Å²) >= 11 is 0. The van der Waals surface area contributed by atoms with Crippen LogP contribution in [0.4, 0.5) is 5.69 Å². The fourth-order valence-corrected chi connectivity index (χ4v) is 3.82. The Labute approximate surface area is 168 Å². The summed E-state index contributed by atoms with van der Waals surface area (Å²) in [4.78, 5) is 42.8. The van der Waals surface area contributed by atoms with Crippen LogP contribution in [0.1, 0.15) is 23.9 Å². The first kappa shape index (κ1) is 19.2. The first-order chi connectivity index (χ1) is 14.1. The second-order valence-electron chi connectivity index (χ2n) is 7.02. The third-order valence-corrected chi connectivity index (χ3v) is 5.30. The summed E-state index contributed by atoms with van der Waals surface area (Å²) in [5, 5.41) is 0. The second-order valence-corrected chi connectivity index (χ2v) is 7.02. The molecule has 1 atom stereocenters. The van der Waals surface area contributed by atoms with E-state index >= 15 is 0 Å². The van der Waals surface area contributed by atoms with Gasteiger partial charge in [0.2, 0.25) is 5.91 Å². The summed E-state index contributed by atoms with van der Waals surface area (Å²) < 4.78 is 10.6. The van der Waals surface area contributed by atoms with Gasteiger partial charge in [-0.3, -0.25) is 19.3 Å². The highest BCUT2D eigenvalue weighted by Crippen LogP contribution is 2.28. The van der Waals surface area contributed by atoms with Crippen molar-refractivity contribution < 1.29 is 23.5 Å². The molecule has 3 amide bonds. The Balaban J connectivity index is 1.40. The molecule has 3 heterocycles. The summed E-state index contributed by atoms with van der Waals surface area (Å²) in [7, 11) is 0. The summed E-state index contributed by atoms with van der Waals surface area (Å²) in [5.41, 5.74) is 0.553. The van der Waals surface area contributed by atoms with E-state index in [0.717, 1.165) is 0 Å². The third kappa shape index (κ3) is 3.75. The zero-order chi connectivity index (χ0) is 20.4. The molecule has 29 heavy (non-hydrogen) atoms. The minimum absolute atomic E-state index is 0.151. The standard InChI is InChI=1S/C21H23N3O5/c1-2-28-16-7-5-15(6-8-16)24-19(25)14-17(20(24)26)22-9-11-23(12-10-22)21(27)18-4-3-13-29-18/h3-8,13,17H,2,9-12,14H2,1H3/t17-/m0/s1. The van der Waals surface area contributed by atoms with E-state index in [0.29, 0.717) is 50.0 Å². The number of furan rings is 1. The molecule has 0 spiro atoms. The molecule has 0 radical (unpaired) electrons. The number of hydrogen-bond donors (Lipinski definition) is 0. The molecule has 2 aliphatic heterocycles. The Morgan fingerprint density at radius 3 is 2.45 bits per heavy atom. The number of carbonyl (C=O) groups excluding carboxylic acids is 3. The Morgan fingerprint density at radius 2 is 1.83 bits per heavy atom. The monoisotopic (exact) mass is 397 g/mol. The zero-order valence-electron chi connectivity index (χ0n) is 16.2. The number of ether oxygens (including phenoxy) is 1. The molecule has 1 aromatic carbocycles. The van der Waals surface area contributed by atoms with Gasteiger partial charge in [0.05, 0.1) is 31.0 Å². The van der Waals surface area contributed by atoms with Crippen molar-refractivity contribution in [1.82, 2.24) is 9.80 Å². The molecule has 0 unspecified atom stereocenters. The van der Waals surface area contributed by atoms with Crippen LogP contribution in [0.15, 0.2) is 47.1 Å². The summed E-state index contributed by atoms with van der Waals surface area (Å²) in [6, 6.07) is 9.80. The fraction of sp³-hybridized carbons (Fsp3) is 0.381. The van der Waals surface area contributed by atoms with E-state index in [2.05, 4.69) is 0 Å². The molecule has 2 saturated heterocycles. The van der Waals surface area contributed by atoms with Crippen LogP contribution >= 0.6 is 0 Å². The van der Waals surface area contributed by atoms with E-state index < -0.39 is 6.04 Å². The fourth-order valence-electron chi connectivity index (χ4n) is 3.82. The van der Waals surface area contributed by atoms with E-state index in [4.69, 9.17) is 9.15 Å². The van der Waals surface area contributed by atoms with Crippen molar-refractivity contribution in [3.05, 3.63) is 48.4 Å². The highest BCUT2D eigenvalue weighted by Gasteiger charge is 2.43. The molecule has 2 fully saturated rings. The van der Waals surface area contributed by atoms with Crippen LogP contribution < -0.4 is 9.64 Å². The molecule has 8 heteroatoms. The van der Waals surface area contributed by atoms with Crippen molar-refractivity contribution in [3.8, 4) is 5.75 Å². The Hall–Kier alpha value is -3.13. The van der Waals surface area contributed by atoms with Gasteiger partial charge in [-0.15, -0.1) is 0 Å². The van der Waals surface area contributed by atoms with Crippen LogP contribution in [0, 0.1) is 0 Å². The molecule has 0 saturated carbocycles. The number of rotatable bonds is 5. The Bertz CT molecular complexity index is 886. The average molecular weight is 397 g/mol. The van der Waals surface area contributed by atoms with Crippen LogP contribution in [0.5, 0.6) is 5.75 Å². The molecule has 152 valence electrons. The molecular weight excluding hydrogens is 374 g/mol. The predicted octanol–water partition coefficient (Wildman–Crippen LogP) is 1.77. The number of hydrogen-bond acceptors (Lipinski definition) is 6. The number of amides is 3. The topological polar surface area (TPSA) is 83.3 Å². The van der Waals surface area contributed by atoms with Crippen molar-refractivity contribution >= 4 is 23.4 Å².